The zero-order chi connectivity index (χ0) is 28.1. The van der Waals surface area contributed by atoms with E-state index in [1.165, 1.54) is 63.3 Å². The predicted octanol–water partition coefficient (Wildman–Crippen LogP) is 11.2. The van der Waals surface area contributed by atoms with Crippen molar-refractivity contribution in [3.8, 4) is 11.1 Å². The van der Waals surface area contributed by atoms with E-state index in [0.717, 1.165) is 24.2 Å². The Morgan fingerprint density at radius 1 is 0.476 bits per heavy atom. The molecule has 0 unspecified atom stereocenters. The number of benzene rings is 6. The lowest BCUT2D eigenvalue weighted by Crippen LogP contribution is -2.38. The van der Waals surface area contributed by atoms with Crippen molar-refractivity contribution >= 4 is 59.3 Å². The molecule has 1 saturated carbocycles. The highest BCUT2D eigenvalue weighted by molar-refractivity contribution is 8.00. The van der Waals surface area contributed by atoms with Gasteiger partial charge in [0, 0.05) is 11.1 Å². The Labute approximate surface area is 250 Å². The van der Waals surface area contributed by atoms with Crippen LogP contribution in [-0.2, 0) is 0 Å². The Morgan fingerprint density at radius 2 is 0.905 bits per heavy atom. The summed E-state index contributed by atoms with van der Waals surface area (Å²) in [4.78, 5) is 0. The summed E-state index contributed by atoms with van der Waals surface area (Å²) in [5.74, 6) is 0. The van der Waals surface area contributed by atoms with E-state index in [1.807, 2.05) is 0 Å². The normalized spacial score (nSPS) is 16.7. The summed E-state index contributed by atoms with van der Waals surface area (Å²) in [6, 6.07) is 48.8. The van der Waals surface area contributed by atoms with Crippen LogP contribution in [0.1, 0.15) is 32.1 Å². The van der Waals surface area contributed by atoms with Gasteiger partial charge in [0.15, 0.2) is 0 Å². The molecule has 1 heterocycles. The third kappa shape index (κ3) is 3.91. The molecule has 0 amide bonds. The molecule has 4 heteroatoms. The molecule has 0 aromatic heterocycles. The van der Waals surface area contributed by atoms with Gasteiger partial charge < -0.3 is 0 Å². The summed E-state index contributed by atoms with van der Waals surface area (Å²) >= 11 is 0. The predicted molar refractivity (Wildman–Crippen MR) is 184 cm³/mol. The van der Waals surface area contributed by atoms with Crippen LogP contribution in [0.15, 0.2) is 133 Å². The molecule has 2 aliphatic rings. The maximum atomic E-state index is 8.27. The molecule has 6 aromatic carbocycles. The molecule has 0 spiro atoms. The number of fused-ring (bicyclic) bond motifs is 7. The number of rotatable bonds is 3. The molecule has 0 atom stereocenters. The Balaban J connectivity index is 1.59. The molecular weight excluding hydrogens is 526 g/mol. The van der Waals surface area contributed by atoms with E-state index < -0.39 is 7.44 Å². The van der Waals surface area contributed by atoms with Crippen molar-refractivity contribution in [1.82, 2.24) is 0 Å². The summed E-state index contributed by atoms with van der Waals surface area (Å²) in [7, 11) is 5.67. The van der Waals surface area contributed by atoms with Gasteiger partial charge >= 0.3 is 0 Å². The van der Waals surface area contributed by atoms with Gasteiger partial charge in [-0.3, -0.25) is 0 Å². The van der Waals surface area contributed by atoms with Gasteiger partial charge in [0.25, 0.3) is 0 Å². The Kier molecular flexibility index (Phi) is 6.31. The van der Waals surface area contributed by atoms with Gasteiger partial charge in [0.1, 0.15) is 0 Å². The number of hydrogen-bond acceptors (Lipinski definition) is 2. The maximum absolute atomic E-state index is 8.27. The zero-order valence-electron chi connectivity index (χ0n) is 23.7. The molecule has 2 nitrogen and oxygen atoms in total. The highest BCUT2D eigenvalue weighted by Gasteiger charge is 2.48. The van der Waals surface area contributed by atoms with E-state index in [4.69, 9.17) is 7.57 Å². The molecule has 0 saturated heterocycles. The van der Waals surface area contributed by atoms with Crippen LogP contribution in [-0.4, -0.2) is 13.2 Å². The van der Waals surface area contributed by atoms with Crippen molar-refractivity contribution in [2.24, 2.45) is 0 Å². The molecule has 1 aliphatic heterocycles. The number of nitrogens with zero attached hydrogens (tertiary/aromatic N) is 2. The number of hydrogen-bond donors (Lipinski definition) is 0. The summed E-state index contributed by atoms with van der Waals surface area (Å²) in [5.41, 5.74) is 7.64. The van der Waals surface area contributed by atoms with Gasteiger partial charge in [-0.25, -0.2) is 16.9 Å². The van der Waals surface area contributed by atoms with E-state index in [0.29, 0.717) is 5.66 Å². The number of anilines is 4. The van der Waals surface area contributed by atoms with E-state index in [-0.39, 0.29) is 0 Å². The fourth-order valence-corrected chi connectivity index (χ4v) is 11.4. The van der Waals surface area contributed by atoms with Crippen molar-refractivity contribution in [3.63, 3.8) is 0 Å². The van der Waals surface area contributed by atoms with E-state index in [9.17, 15) is 0 Å². The van der Waals surface area contributed by atoms with Gasteiger partial charge in [-0.1, -0.05) is 111 Å². The van der Waals surface area contributed by atoms with Gasteiger partial charge in [-0.05, 0) is 83.6 Å². The van der Waals surface area contributed by atoms with Crippen molar-refractivity contribution in [1.29, 1.82) is 0 Å². The van der Waals surface area contributed by atoms with Crippen molar-refractivity contribution < 1.29 is 0 Å². The monoisotopic (exact) mass is 559 g/mol. The minimum atomic E-state index is -2.60. The summed E-state index contributed by atoms with van der Waals surface area (Å²) in [6.45, 7) is 0. The Bertz CT molecular complexity index is 1770. The fraction of sp³-hybridized carbons (Fsp3) is 0.158. The van der Waals surface area contributed by atoms with Crippen LogP contribution in [0.4, 0.5) is 22.7 Å². The lowest BCUT2D eigenvalue weighted by Gasteiger charge is -2.57. The van der Waals surface area contributed by atoms with Crippen LogP contribution in [0.5, 0.6) is 0 Å². The first-order valence-corrected chi connectivity index (χ1v) is 17.0. The summed E-state index contributed by atoms with van der Waals surface area (Å²) in [5, 5.41) is 5.02. The highest BCUT2D eigenvalue weighted by Crippen LogP contribution is 2.77. The van der Waals surface area contributed by atoms with Gasteiger partial charge in [-0.15, -0.1) is 0 Å². The molecule has 8 rings (SSSR count). The fourth-order valence-electron chi connectivity index (χ4n) is 7.41. The van der Waals surface area contributed by atoms with E-state index in [2.05, 4.69) is 143 Å². The molecule has 1 aliphatic carbocycles. The van der Waals surface area contributed by atoms with Crippen LogP contribution >= 0.6 is 7.44 Å². The lowest BCUT2D eigenvalue weighted by atomic mass is 9.90. The average Bonchev–Trinajstić information content (AvgIpc) is 3.16. The van der Waals surface area contributed by atoms with Crippen LogP contribution in [0.3, 0.4) is 0 Å². The molecule has 3 radical (unpaired) electrons. The molecular formula is C38H33BN2P. The smallest absolute Gasteiger partial charge is 0.0843 e. The molecule has 0 N–H and O–H groups in total. The van der Waals surface area contributed by atoms with Crippen LogP contribution < -0.4 is 9.34 Å². The minimum Gasteiger partial charge on any atom is -0.248 e. The van der Waals surface area contributed by atoms with Crippen LogP contribution in [0.25, 0.3) is 32.7 Å². The minimum absolute atomic E-state index is 0.364. The third-order valence-electron chi connectivity index (χ3n) is 9.27. The Hall–Kier alpha value is -4.07. The van der Waals surface area contributed by atoms with Gasteiger partial charge in [0.2, 0.25) is 0 Å². The maximum Gasteiger partial charge on any atom is 0.0843 e. The Morgan fingerprint density at radius 3 is 1.38 bits per heavy atom. The van der Waals surface area contributed by atoms with Gasteiger partial charge in [0.05, 0.1) is 28.4 Å². The van der Waals surface area contributed by atoms with E-state index in [1.54, 1.807) is 0 Å². The largest absolute Gasteiger partial charge is 0.248 e. The molecule has 6 aromatic rings. The highest BCUT2D eigenvalue weighted by atomic mass is 31.2. The van der Waals surface area contributed by atoms with Crippen LogP contribution in [0, 0.1) is 0 Å². The van der Waals surface area contributed by atoms with E-state index >= 15 is 0 Å². The first-order chi connectivity index (χ1) is 20.7. The molecule has 0 bridgehead atoms. The van der Waals surface area contributed by atoms with Gasteiger partial charge in [-0.2, -0.15) is 0 Å². The SMILES string of the molecule is [B-][P+]1(C2CCCCC2)N(c2ccccc2)c2ccc3ccccc3c2-c2c(ccc3ccccc23)N1c1ccccc1. The topological polar surface area (TPSA) is 6.48 Å². The summed E-state index contributed by atoms with van der Waals surface area (Å²) in [6.07, 6.45) is 6.02. The lowest BCUT2D eigenvalue weighted by molar-refractivity contribution is 0.509. The molecule has 1 fully saturated rings. The second kappa shape index (κ2) is 10.3. The summed E-state index contributed by atoms with van der Waals surface area (Å²) < 4.78 is 5.18. The van der Waals surface area contributed by atoms with Crippen molar-refractivity contribution in [3.05, 3.63) is 133 Å². The van der Waals surface area contributed by atoms with Crippen LogP contribution in [0.2, 0.25) is 0 Å². The first kappa shape index (κ1) is 25.6. The second-order valence-electron chi connectivity index (χ2n) is 11.6. The molecule has 203 valence electrons. The van der Waals surface area contributed by atoms with Crippen molar-refractivity contribution in [2.75, 3.05) is 9.34 Å². The standard InChI is InChI=1S/C38H33BN2P/c39-42(32-20-8-3-9-21-32)40(30-16-4-1-5-17-30)35-26-24-28-14-10-12-22-33(28)37(35)38-34-23-13-11-15-29(34)25-27-36(38)41(42)31-18-6-2-7-19-31/h1-2,4-7,10-19,22-27,32H,3,8-9,20-21H2. The first-order valence-electron chi connectivity index (χ1n) is 15.2. The third-order valence-corrected chi connectivity index (χ3v) is 13.0. The quantitative estimate of drug-likeness (QED) is 0.157. The average molecular weight is 559 g/mol. The molecule has 42 heavy (non-hydrogen) atoms. The van der Waals surface area contributed by atoms with Crippen molar-refractivity contribution in [2.45, 2.75) is 37.8 Å². The number of para-hydroxylation sites is 2. The second-order valence-corrected chi connectivity index (χ2v) is 14.6. The zero-order valence-corrected chi connectivity index (χ0v) is 24.6.